The molecule has 3 amide bonds. The molecule has 3 heterocycles. The minimum atomic E-state index is -1.14. The van der Waals surface area contributed by atoms with Crippen molar-refractivity contribution in [3.05, 3.63) is 66.9 Å². The number of carbonyl (C=O) groups is 3. The van der Waals surface area contributed by atoms with E-state index in [-0.39, 0.29) is 18.9 Å². The molecule has 0 aliphatic carbocycles. The largest absolute Gasteiger partial charge is 0.489 e. The summed E-state index contributed by atoms with van der Waals surface area (Å²) in [6.07, 6.45) is 0.447. The van der Waals surface area contributed by atoms with Gasteiger partial charge in [0.05, 0.1) is 25.1 Å². The molecule has 0 bridgehead atoms. The van der Waals surface area contributed by atoms with E-state index in [1.165, 1.54) is 12.0 Å². The predicted molar refractivity (Wildman–Crippen MR) is 142 cm³/mol. The van der Waals surface area contributed by atoms with E-state index in [9.17, 15) is 19.6 Å². The highest BCUT2D eigenvalue weighted by molar-refractivity contribution is 5.93. The van der Waals surface area contributed by atoms with Crippen molar-refractivity contribution in [1.29, 1.82) is 0 Å². The standard InChI is InChI=1S/C28H31N5O6/c1-38-28(36)33-18-22(39-21-9-10-24-19(16-21)6-5-11-29-24)17-23(26(34)30-37)25(33)27(35)32-14-12-31(13-15-32)20-7-3-2-4-8-20/h2-11,16,22-23,25,37H,12-15,17-18H2,1H3,(H,30,34)/t22-,23-,25-/m0/s1. The molecule has 2 aliphatic heterocycles. The number of likely N-dealkylation sites (tertiary alicyclic amines) is 1. The third kappa shape index (κ3) is 5.58. The first-order valence-electron chi connectivity index (χ1n) is 12.9. The van der Waals surface area contributed by atoms with E-state index < -0.39 is 30.1 Å². The van der Waals surface area contributed by atoms with Crippen molar-refractivity contribution in [3.63, 3.8) is 0 Å². The number of rotatable bonds is 5. The topological polar surface area (TPSA) is 125 Å². The lowest BCUT2D eigenvalue weighted by molar-refractivity contribution is -0.151. The zero-order valence-corrected chi connectivity index (χ0v) is 21.6. The van der Waals surface area contributed by atoms with Gasteiger partial charge in [0.15, 0.2) is 0 Å². The Kier molecular flexibility index (Phi) is 7.78. The molecule has 2 fully saturated rings. The van der Waals surface area contributed by atoms with Crippen LogP contribution in [0.3, 0.4) is 0 Å². The number of ether oxygens (including phenoxy) is 2. The zero-order chi connectivity index (χ0) is 27.4. The van der Waals surface area contributed by atoms with Gasteiger partial charge in [-0.05, 0) is 36.4 Å². The first-order chi connectivity index (χ1) is 19.0. The Labute approximate surface area is 225 Å². The average Bonchev–Trinajstić information content (AvgIpc) is 3.00. The van der Waals surface area contributed by atoms with Gasteiger partial charge in [0.1, 0.15) is 17.9 Å². The zero-order valence-electron chi connectivity index (χ0n) is 21.6. The lowest BCUT2D eigenvalue weighted by atomic mass is 9.86. The highest BCUT2D eigenvalue weighted by Crippen LogP contribution is 2.31. The van der Waals surface area contributed by atoms with E-state index in [0.29, 0.717) is 31.9 Å². The van der Waals surface area contributed by atoms with Crippen molar-refractivity contribution < 1.29 is 29.1 Å². The van der Waals surface area contributed by atoms with Gasteiger partial charge in [0.25, 0.3) is 0 Å². The first kappa shape index (κ1) is 26.2. The maximum Gasteiger partial charge on any atom is 0.410 e. The molecule has 3 aromatic rings. The van der Waals surface area contributed by atoms with Crippen LogP contribution in [0.2, 0.25) is 0 Å². The summed E-state index contributed by atoms with van der Waals surface area (Å²) in [5.74, 6) is -1.64. The van der Waals surface area contributed by atoms with E-state index in [0.717, 1.165) is 16.6 Å². The highest BCUT2D eigenvalue weighted by atomic mass is 16.5. The van der Waals surface area contributed by atoms with Crippen LogP contribution in [0.1, 0.15) is 6.42 Å². The molecule has 2 aliphatic rings. The van der Waals surface area contributed by atoms with Crippen LogP contribution in [0.15, 0.2) is 66.9 Å². The van der Waals surface area contributed by atoms with Gasteiger partial charge in [-0.2, -0.15) is 0 Å². The molecule has 0 unspecified atom stereocenters. The Morgan fingerprint density at radius 2 is 1.77 bits per heavy atom. The van der Waals surface area contributed by atoms with E-state index in [4.69, 9.17) is 9.47 Å². The number of anilines is 1. The van der Waals surface area contributed by atoms with Gasteiger partial charge in [-0.1, -0.05) is 24.3 Å². The monoisotopic (exact) mass is 533 g/mol. The fourth-order valence-corrected chi connectivity index (χ4v) is 5.40. The second-order valence-electron chi connectivity index (χ2n) is 9.63. The minimum absolute atomic E-state index is 0.0351. The van der Waals surface area contributed by atoms with E-state index in [1.54, 1.807) is 22.6 Å². The molecule has 2 saturated heterocycles. The molecular weight excluding hydrogens is 502 g/mol. The molecule has 11 nitrogen and oxygen atoms in total. The van der Waals surface area contributed by atoms with Crippen molar-refractivity contribution in [2.24, 2.45) is 5.92 Å². The van der Waals surface area contributed by atoms with Gasteiger partial charge in [-0.15, -0.1) is 0 Å². The molecule has 3 atom stereocenters. The van der Waals surface area contributed by atoms with Crippen LogP contribution in [0.25, 0.3) is 10.9 Å². The maximum atomic E-state index is 13.8. The number of para-hydroxylation sites is 1. The summed E-state index contributed by atoms with van der Waals surface area (Å²) in [7, 11) is 1.23. The molecule has 2 N–H and O–H groups in total. The van der Waals surface area contributed by atoms with Crippen molar-refractivity contribution in [1.82, 2.24) is 20.3 Å². The summed E-state index contributed by atoms with van der Waals surface area (Å²) in [6.45, 7) is 2.11. The number of amides is 3. The fourth-order valence-electron chi connectivity index (χ4n) is 5.40. The number of piperazine rings is 1. The first-order valence-corrected chi connectivity index (χ1v) is 12.9. The summed E-state index contributed by atoms with van der Waals surface area (Å²) >= 11 is 0. The van der Waals surface area contributed by atoms with Gasteiger partial charge in [0.2, 0.25) is 11.8 Å². The molecule has 2 aromatic carbocycles. The van der Waals surface area contributed by atoms with E-state index >= 15 is 0 Å². The number of hydrogen-bond donors (Lipinski definition) is 2. The summed E-state index contributed by atoms with van der Waals surface area (Å²) < 4.78 is 11.2. The molecule has 11 heteroatoms. The molecule has 5 rings (SSSR count). The second kappa shape index (κ2) is 11.6. The average molecular weight is 534 g/mol. The van der Waals surface area contributed by atoms with Crippen LogP contribution < -0.4 is 15.1 Å². The van der Waals surface area contributed by atoms with Crippen LogP contribution in [-0.4, -0.2) is 89.9 Å². The van der Waals surface area contributed by atoms with E-state index in [1.807, 2.05) is 54.6 Å². The minimum Gasteiger partial charge on any atom is -0.489 e. The Bertz CT molecular complexity index is 1300. The molecule has 0 radical (unpaired) electrons. The predicted octanol–water partition coefficient (Wildman–Crippen LogP) is 2.29. The molecular formula is C28H31N5O6. The number of hydrogen-bond acceptors (Lipinski definition) is 8. The summed E-state index contributed by atoms with van der Waals surface area (Å²) in [5.41, 5.74) is 3.55. The van der Waals surface area contributed by atoms with Gasteiger partial charge in [0, 0.05) is 49.9 Å². The smallest absolute Gasteiger partial charge is 0.410 e. The van der Waals surface area contributed by atoms with Crippen LogP contribution >= 0.6 is 0 Å². The van der Waals surface area contributed by atoms with Gasteiger partial charge < -0.3 is 19.3 Å². The van der Waals surface area contributed by atoms with Crippen molar-refractivity contribution in [2.75, 3.05) is 44.7 Å². The number of nitrogens with one attached hydrogen (secondary N) is 1. The van der Waals surface area contributed by atoms with Gasteiger partial charge in [-0.3, -0.25) is 24.7 Å². The number of aromatic nitrogens is 1. The van der Waals surface area contributed by atoms with E-state index in [2.05, 4.69) is 9.88 Å². The number of benzene rings is 2. The number of nitrogens with zero attached hydrogens (tertiary/aromatic N) is 4. The number of fused-ring (bicyclic) bond motifs is 1. The van der Waals surface area contributed by atoms with Gasteiger partial charge in [-0.25, -0.2) is 10.3 Å². The Morgan fingerprint density at radius 1 is 1.00 bits per heavy atom. The van der Waals surface area contributed by atoms with Crippen LogP contribution in [0, 0.1) is 5.92 Å². The van der Waals surface area contributed by atoms with Crippen LogP contribution in [0.4, 0.5) is 10.5 Å². The number of piperidine rings is 1. The van der Waals surface area contributed by atoms with Gasteiger partial charge >= 0.3 is 6.09 Å². The summed E-state index contributed by atoms with van der Waals surface area (Å²) in [6, 6.07) is 17.9. The molecule has 1 aromatic heterocycles. The molecule has 0 saturated carbocycles. The van der Waals surface area contributed by atoms with Crippen LogP contribution in [-0.2, 0) is 14.3 Å². The number of hydroxylamine groups is 1. The Hall–Kier alpha value is -4.38. The summed E-state index contributed by atoms with van der Waals surface area (Å²) in [5, 5.41) is 10.4. The normalized spacial score (nSPS) is 21.4. The van der Waals surface area contributed by atoms with Crippen molar-refractivity contribution in [2.45, 2.75) is 18.6 Å². The third-order valence-corrected chi connectivity index (χ3v) is 7.33. The highest BCUT2D eigenvalue weighted by Gasteiger charge is 2.49. The summed E-state index contributed by atoms with van der Waals surface area (Å²) in [4.78, 5) is 49.0. The second-order valence-corrected chi connectivity index (χ2v) is 9.63. The molecule has 0 spiro atoms. The van der Waals surface area contributed by atoms with Crippen molar-refractivity contribution >= 4 is 34.5 Å². The number of carbonyl (C=O) groups excluding carboxylic acids is 3. The number of methoxy groups -OCH3 is 1. The molecule has 204 valence electrons. The van der Waals surface area contributed by atoms with Crippen molar-refractivity contribution in [3.8, 4) is 5.75 Å². The lowest BCUT2D eigenvalue weighted by Gasteiger charge is -2.45. The fraction of sp³-hybridized carbons (Fsp3) is 0.357. The maximum absolute atomic E-state index is 13.8. The third-order valence-electron chi connectivity index (χ3n) is 7.33. The SMILES string of the molecule is COC(=O)N1C[C@@H](Oc2ccc3ncccc3c2)C[C@H](C(=O)NO)[C@H]1C(=O)N1CCN(c2ccccc2)CC1. The lowest BCUT2D eigenvalue weighted by Crippen LogP contribution is -2.64. The Balaban J connectivity index is 1.35. The molecule has 39 heavy (non-hydrogen) atoms. The number of pyridine rings is 1. The van der Waals surface area contributed by atoms with Crippen LogP contribution in [0.5, 0.6) is 5.75 Å². The quantitative estimate of drug-likeness (QED) is 0.378. The Morgan fingerprint density at radius 3 is 2.49 bits per heavy atom.